The van der Waals surface area contributed by atoms with E-state index in [2.05, 4.69) is 126 Å². The average Bonchev–Trinajstić information content (AvgIpc) is 3.63. The Morgan fingerprint density at radius 1 is 0.524 bits per heavy atom. The minimum atomic E-state index is -1.79. The third-order valence-corrected chi connectivity index (χ3v) is 16.2. The van der Waals surface area contributed by atoms with Crippen molar-refractivity contribution in [2.45, 2.75) is 125 Å². The lowest BCUT2D eigenvalue weighted by Crippen LogP contribution is -2.39. The van der Waals surface area contributed by atoms with Gasteiger partial charge in [0, 0.05) is 39.3 Å². The monoisotopic (exact) mass is 633 g/mol. The number of hydrogen-bond donors (Lipinski definition) is 0. The van der Waals surface area contributed by atoms with Crippen LogP contribution in [0, 0.1) is 5.41 Å². The lowest BCUT2D eigenvalue weighted by atomic mass is 9.82. The molecule has 42 heavy (non-hydrogen) atoms. The summed E-state index contributed by atoms with van der Waals surface area (Å²) in [5.74, 6) is 0. The first-order valence-electron chi connectivity index (χ1n) is 16.8. The second-order valence-corrected chi connectivity index (χ2v) is 22.2. The van der Waals surface area contributed by atoms with E-state index in [9.17, 15) is 0 Å². The van der Waals surface area contributed by atoms with E-state index in [0.717, 1.165) is 6.42 Å². The molecular formula is C32H74N8P2. The Morgan fingerprint density at radius 2 is 0.810 bits per heavy atom. The molecule has 3 aliphatic rings. The largest absolute Gasteiger partial charge is 0.255 e. The molecule has 0 spiro atoms. The highest BCUT2D eigenvalue weighted by Gasteiger charge is 2.44. The average molecular weight is 633 g/mol. The Labute approximate surface area is 264 Å². The van der Waals surface area contributed by atoms with Crippen molar-refractivity contribution in [3.63, 3.8) is 0 Å². The molecule has 10 heteroatoms. The van der Waals surface area contributed by atoms with Gasteiger partial charge in [0.1, 0.15) is 0 Å². The zero-order chi connectivity index (χ0) is 32.6. The molecule has 0 saturated carbocycles. The summed E-state index contributed by atoms with van der Waals surface area (Å²) in [4.78, 5) is 0. The van der Waals surface area contributed by atoms with Crippen LogP contribution in [-0.4, -0.2) is 121 Å². The molecule has 0 atom stereocenters. The maximum atomic E-state index is 5.58. The standard InChI is InChI=1S/C16H33N4P.C14H35N4P.C2H6/c1-16(2,3)17-21(18-10-4-5-11-18,19-12-6-7-13-19)20-14-8-9-15-20;1-13(2,3)12-14(4,5)15-19(16(6)7,17(8)9)18(10)11;1-2/h4-15H2,1-3H3;12H2,1-11H3;1-2H3. The van der Waals surface area contributed by atoms with Gasteiger partial charge in [0.15, 0.2) is 15.0 Å². The highest BCUT2D eigenvalue weighted by Crippen LogP contribution is 2.64. The summed E-state index contributed by atoms with van der Waals surface area (Å²) in [6.07, 6.45) is 9.27. The van der Waals surface area contributed by atoms with Crippen LogP contribution in [0.3, 0.4) is 0 Å². The van der Waals surface area contributed by atoms with Gasteiger partial charge in [-0.15, -0.1) is 0 Å². The normalized spacial score (nSPS) is 20.2. The number of rotatable bonds is 8. The van der Waals surface area contributed by atoms with E-state index < -0.39 is 15.0 Å². The molecule has 0 aromatic rings. The van der Waals surface area contributed by atoms with E-state index >= 15 is 0 Å². The number of nitrogens with zero attached hydrogens (tertiary/aromatic N) is 8. The second kappa shape index (κ2) is 16.7. The Hall–Kier alpha value is 0.220. The van der Waals surface area contributed by atoms with Crippen LogP contribution in [-0.2, 0) is 0 Å². The minimum absolute atomic E-state index is 0.0369. The molecule has 3 fully saturated rings. The van der Waals surface area contributed by atoms with Gasteiger partial charge in [-0.1, -0.05) is 34.6 Å². The predicted molar refractivity (Wildman–Crippen MR) is 191 cm³/mol. The van der Waals surface area contributed by atoms with Gasteiger partial charge in [-0.3, -0.25) is 23.5 Å². The molecule has 3 saturated heterocycles. The molecule has 3 aliphatic heterocycles. The molecule has 0 amide bonds. The third-order valence-electron chi connectivity index (χ3n) is 7.80. The van der Waals surface area contributed by atoms with Crippen LogP contribution in [0.4, 0.5) is 0 Å². The molecule has 0 aliphatic carbocycles. The van der Waals surface area contributed by atoms with Gasteiger partial charge in [0.2, 0.25) is 0 Å². The Bertz CT molecular complexity index is 805. The summed E-state index contributed by atoms with van der Waals surface area (Å²) in [6.45, 7) is 29.8. The highest BCUT2D eigenvalue weighted by atomic mass is 31.2. The van der Waals surface area contributed by atoms with Gasteiger partial charge in [0.05, 0.1) is 11.1 Å². The zero-order valence-electron chi connectivity index (χ0n) is 31.2. The second-order valence-electron chi connectivity index (χ2n) is 15.5. The summed E-state index contributed by atoms with van der Waals surface area (Å²) < 4.78 is 26.1. The van der Waals surface area contributed by atoms with Crippen molar-refractivity contribution in [1.82, 2.24) is 28.0 Å². The molecule has 0 aromatic carbocycles. The summed E-state index contributed by atoms with van der Waals surface area (Å²) in [6, 6.07) is 0. The van der Waals surface area contributed by atoms with Gasteiger partial charge in [-0.25, -0.2) is 14.0 Å². The van der Waals surface area contributed by atoms with Crippen molar-refractivity contribution in [2.75, 3.05) is 81.6 Å². The molecule has 0 unspecified atom stereocenters. The zero-order valence-corrected chi connectivity index (χ0v) is 33.0. The van der Waals surface area contributed by atoms with E-state index in [-0.39, 0.29) is 16.5 Å². The Balaban J connectivity index is 0.000000400. The van der Waals surface area contributed by atoms with Crippen LogP contribution in [0.1, 0.15) is 114 Å². The van der Waals surface area contributed by atoms with E-state index in [1.54, 1.807) is 0 Å². The van der Waals surface area contributed by atoms with Gasteiger partial charge in [0.25, 0.3) is 0 Å². The number of hydrogen-bond acceptors (Lipinski definition) is 2. The summed E-state index contributed by atoms with van der Waals surface area (Å²) in [7, 11) is 9.35. The lowest BCUT2D eigenvalue weighted by molar-refractivity contribution is 0.285. The SMILES string of the molecule is CC.CC(C)(C)N=P(N1CCCC1)(N1CCCC1)N1CCCC1.CN(C)P(=NC(C)(C)CC(C)(C)C)(N(C)C)N(C)C. The fraction of sp³-hybridized carbons (Fsp3) is 1.00. The Kier molecular flexibility index (Phi) is 16.0. The molecule has 252 valence electrons. The van der Waals surface area contributed by atoms with E-state index in [4.69, 9.17) is 9.49 Å². The van der Waals surface area contributed by atoms with Crippen LogP contribution < -0.4 is 0 Å². The maximum absolute atomic E-state index is 5.58. The van der Waals surface area contributed by atoms with Crippen LogP contribution in [0.5, 0.6) is 0 Å². The van der Waals surface area contributed by atoms with Crippen molar-refractivity contribution < 1.29 is 0 Å². The molecule has 0 N–H and O–H groups in total. The lowest BCUT2D eigenvalue weighted by Gasteiger charge is -2.47. The first-order chi connectivity index (χ1) is 19.3. The quantitative estimate of drug-likeness (QED) is 0.249. The van der Waals surface area contributed by atoms with Crippen molar-refractivity contribution in [3.8, 4) is 0 Å². The summed E-state index contributed by atoms with van der Waals surface area (Å²) >= 11 is 0. The maximum Gasteiger partial charge on any atom is 0.168 e. The van der Waals surface area contributed by atoms with Crippen LogP contribution >= 0.6 is 15.0 Å². The third kappa shape index (κ3) is 10.9. The van der Waals surface area contributed by atoms with E-state index in [0.29, 0.717) is 0 Å². The Morgan fingerprint density at radius 3 is 1.02 bits per heavy atom. The molecule has 0 aromatic heterocycles. The first kappa shape index (κ1) is 40.2. The van der Waals surface area contributed by atoms with Crippen LogP contribution in [0.25, 0.3) is 0 Å². The predicted octanol–water partition coefficient (Wildman–Crippen LogP) is 8.88. The van der Waals surface area contributed by atoms with E-state index in [1.807, 2.05) is 13.8 Å². The molecule has 8 nitrogen and oxygen atoms in total. The molecule has 0 bridgehead atoms. The van der Waals surface area contributed by atoms with Gasteiger partial charge >= 0.3 is 0 Å². The minimum Gasteiger partial charge on any atom is -0.255 e. The van der Waals surface area contributed by atoms with Gasteiger partial charge in [-0.05, 0) is 127 Å². The summed E-state index contributed by atoms with van der Waals surface area (Å²) in [5.41, 5.74) is 0.306. The van der Waals surface area contributed by atoms with Crippen molar-refractivity contribution in [3.05, 3.63) is 0 Å². The summed E-state index contributed by atoms with van der Waals surface area (Å²) in [5, 5.41) is 0. The van der Waals surface area contributed by atoms with Crippen molar-refractivity contribution >= 4 is 15.0 Å². The van der Waals surface area contributed by atoms with Crippen molar-refractivity contribution in [1.29, 1.82) is 0 Å². The van der Waals surface area contributed by atoms with Crippen LogP contribution in [0.15, 0.2) is 9.49 Å². The molecule has 3 rings (SSSR count). The fourth-order valence-corrected chi connectivity index (χ4v) is 15.3. The van der Waals surface area contributed by atoms with E-state index in [1.165, 1.54) is 77.8 Å². The van der Waals surface area contributed by atoms with Gasteiger partial charge < -0.3 is 0 Å². The highest BCUT2D eigenvalue weighted by molar-refractivity contribution is 7.59. The smallest absolute Gasteiger partial charge is 0.168 e. The molecule has 0 radical (unpaired) electrons. The van der Waals surface area contributed by atoms with Crippen molar-refractivity contribution in [2.24, 2.45) is 14.9 Å². The van der Waals surface area contributed by atoms with Gasteiger partial charge in [-0.2, -0.15) is 0 Å². The van der Waals surface area contributed by atoms with Crippen LogP contribution in [0.2, 0.25) is 0 Å². The topological polar surface area (TPSA) is 44.2 Å². The molecule has 3 heterocycles. The first-order valence-corrected chi connectivity index (χ1v) is 20.0. The fourth-order valence-electron chi connectivity index (χ4n) is 7.07. The molecular weight excluding hydrogens is 558 g/mol.